The van der Waals surface area contributed by atoms with Gasteiger partial charge >= 0.3 is 6.09 Å². The van der Waals surface area contributed by atoms with Crippen molar-refractivity contribution in [1.29, 1.82) is 0 Å². The molecule has 1 aromatic carbocycles. The number of carbonyl (C=O) groups excluding carboxylic acids is 2. The van der Waals surface area contributed by atoms with E-state index in [4.69, 9.17) is 4.74 Å². The molecule has 1 aromatic rings. The highest BCUT2D eigenvalue weighted by molar-refractivity contribution is 5.79. The molecule has 136 valence electrons. The monoisotopic (exact) mass is 344 g/mol. The van der Waals surface area contributed by atoms with Crippen LogP contribution >= 0.6 is 0 Å². The molecule has 5 nitrogen and oxygen atoms in total. The lowest BCUT2D eigenvalue weighted by Crippen LogP contribution is -2.56. The Morgan fingerprint density at radius 3 is 2.60 bits per heavy atom. The molecule has 2 N–H and O–H groups in total. The fourth-order valence-corrected chi connectivity index (χ4v) is 3.73. The highest BCUT2D eigenvalue weighted by Crippen LogP contribution is 2.36. The summed E-state index contributed by atoms with van der Waals surface area (Å²) in [6.45, 7) is 5.51. The zero-order valence-electron chi connectivity index (χ0n) is 15.4. The molecule has 0 unspecified atom stereocenters. The van der Waals surface area contributed by atoms with Gasteiger partial charge in [0, 0.05) is 6.42 Å². The van der Waals surface area contributed by atoms with Crippen LogP contribution in [0.1, 0.15) is 70.0 Å². The molecule has 0 saturated heterocycles. The van der Waals surface area contributed by atoms with Crippen LogP contribution in [0, 0.1) is 0 Å². The van der Waals surface area contributed by atoms with Gasteiger partial charge in [0.15, 0.2) is 0 Å². The Morgan fingerprint density at radius 2 is 1.96 bits per heavy atom. The fourth-order valence-electron chi connectivity index (χ4n) is 3.73. The Labute approximate surface area is 149 Å². The molecule has 2 aliphatic carbocycles. The average Bonchev–Trinajstić information content (AvgIpc) is 2.86. The molecule has 0 spiro atoms. The maximum absolute atomic E-state index is 12.6. The fraction of sp³-hybridized carbons (Fsp3) is 0.600. The lowest BCUT2D eigenvalue weighted by atomic mass is 9.74. The summed E-state index contributed by atoms with van der Waals surface area (Å²) < 4.78 is 5.35. The Balaban J connectivity index is 1.57. The van der Waals surface area contributed by atoms with Gasteiger partial charge in [-0.25, -0.2) is 4.79 Å². The molecule has 5 heteroatoms. The molecule has 3 rings (SSSR count). The minimum absolute atomic E-state index is 0.00235. The molecular formula is C20H28N2O3. The molecule has 0 aliphatic heterocycles. The largest absolute Gasteiger partial charge is 0.444 e. The molecule has 0 bridgehead atoms. The van der Waals surface area contributed by atoms with Crippen molar-refractivity contribution in [3.63, 3.8) is 0 Å². The van der Waals surface area contributed by atoms with Crippen molar-refractivity contribution in [3.8, 4) is 0 Å². The number of aryl methyl sites for hydroxylation is 1. The second kappa shape index (κ2) is 6.70. The first-order valence-electron chi connectivity index (χ1n) is 9.15. The normalized spacial score (nSPS) is 21.0. The van der Waals surface area contributed by atoms with E-state index in [-0.39, 0.29) is 11.9 Å². The number of alkyl carbamates (subject to hydrolysis) is 1. The maximum Gasteiger partial charge on any atom is 0.408 e. The number of amides is 2. The first-order valence-corrected chi connectivity index (χ1v) is 9.15. The summed E-state index contributed by atoms with van der Waals surface area (Å²) in [5.74, 6) is -0.00235. The second-order valence-electron chi connectivity index (χ2n) is 8.30. The molecule has 0 radical (unpaired) electrons. The molecular weight excluding hydrogens is 316 g/mol. The second-order valence-corrected chi connectivity index (χ2v) is 8.30. The van der Waals surface area contributed by atoms with E-state index >= 15 is 0 Å². The van der Waals surface area contributed by atoms with Gasteiger partial charge in [0.1, 0.15) is 5.60 Å². The summed E-state index contributed by atoms with van der Waals surface area (Å²) in [7, 11) is 0. The number of carbonyl (C=O) groups is 2. The maximum atomic E-state index is 12.6. The predicted octanol–water partition coefficient (Wildman–Crippen LogP) is 3.63. The van der Waals surface area contributed by atoms with Crippen LogP contribution in [0.3, 0.4) is 0 Å². The molecule has 1 atom stereocenters. The number of rotatable bonds is 4. The van der Waals surface area contributed by atoms with Gasteiger partial charge < -0.3 is 15.4 Å². The number of hydrogen-bond donors (Lipinski definition) is 2. The first kappa shape index (κ1) is 17.8. The topological polar surface area (TPSA) is 67.4 Å². The number of nitrogens with one attached hydrogen (secondary N) is 2. The third-order valence-corrected chi connectivity index (χ3v) is 5.04. The number of ether oxygens (including phenoxy) is 1. The third kappa shape index (κ3) is 4.33. The summed E-state index contributed by atoms with van der Waals surface area (Å²) in [4.78, 5) is 24.7. The summed E-state index contributed by atoms with van der Waals surface area (Å²) in [5.41, 5.74) is 1.55. The molecule has 1 fully saturated rings. The van der Waals surface area contributed by atoms with Crippen molar-refractivity contribution in [3.05, 3.63) is 35.4 Å². The lowest BCUT2D eigenvalue weighted by Gasteiger charge is -2.42. The van der Waals surface area contributed by atoms with E-state index in [1.54, 1.807) is 0 Å². The molecule has 2 amide bonds. The Kier molecular flexibility index (Phi) is 4.76. The van der Waals surface area contributed by atoms with Gasteiger partial charge in [-0.2, -0.15) is 0 Å². The van der Waals surface area contributed by atoms with E-state index in [0.29, 0.717) is 6.42 Å². The average molecular weight is 344 g/mol. The van der Waals surface area contributed by atoms with Gasteiger partial charge in [-0.15, -0.1) is 0 Å². The van der Waals surface area contributed by atoms with Gasteiger partial charge in [-0.05, 0) is 64.0 Å². The van der Waals surface area contributed by atoms with Crippen molar-refractivity contribution in [2.45, 2.75) is 76.5 Å². The first-order chi connectivity index (χ1) is 11.8. The van der Waals surface area contributed by atoms with E-state index < -0.39 is 17.2 Å². The van der Waals surface area contributed by atoms with Crippen molar-refractivity contribution < 1.29 is 14.3 Å². The zero-order valence-corrected chi connectivity index (χ0v) is 15.4. The molecule has 2 aliphatic rings. The lowest BCUT2D eigenvalue weighted by molar-refractivity contribution is -0.124. The van der Waals surface area contributed by atoms with Crippen LogP contribution in [0.15, 0.2) is 24.3 Å². The van der Waals surface area contributed by atoms with Crippen molar-refractivity contribution in [2.75, 3.05) is 0 Å². The van der Waals surface area contributed by atoms with E-state index in [2.05, 4.69) is 22.8 Å². The highest BCUT2D eigenvalue weighted by atomic mass is 16.6. The van der Waals surface area contributed by atoms with Gasteiger partial charge in [0.25, 0.3) is 0 Å². The van der Waals surface area contributed by atoms with Crippen LogP contribution < -0.4 is 10.6 Å². The van der Waals surface area contributed by atoms with Gasteiger partial charge in [-0.3, -0.25) is 4.79 Å². The van der Waals surface area contributed by atoms with Gasteiger partial charge in [0.2, 0.25) is 5.91 Å². The summed E-state index contributed by atoms with van der Waals surface area (Å²) in [5, 5.41) is 6.09. The van der Waals surface area contributed by atoms with Crippen molar-refractivity contribution in [1.82, 2.24) is 10.6 Å². The van der Waals surface area contributed by atoms with E-state index in [9.17, 15) is 9.59 Å². The highest BCUT2D eigenvalue weighted by Gasteiger charge is 2.41. The zero-order chi connectivity index (χ0) is 18.1. The number of fused-ring (bicyclic) bond motifs is 1. The minimum atomic E-state index is -0.537. The van der Waals surface area contributed by atoms with Crippen molar-refractivity contribution >= 4 is 12.0 Å². The quantitative estimate of drug-likeness (QED) is 0.876. The molecule has 25 heavy (non-hydrogen) atoms. The summed E-state index contributed by atoms with van der Waals surface area (Å²) in [6.07, 6.45) is 4.48. The summed E-state index contributed by atoms with van der Waals surface area (Å²) in [6, 6.07) is 8.35. The van der Waals surface area contributed by atoms with Crippen LogP contribution in [0.4, 0.5) is 4.79 Å². The van der Waals surface area contributed by atoms with E-state index in [1.807, 2.05) is 32.9 Å². The van der Waals surface area contributed by atoms with Crippen molar-refractivity contribution in [2.24, 2.45) is 0 Å². The summed E-state index contributed by atoms with van der Waals surface area (Å²) >= 11 is 0. The van der Waals surface area contributed by atoms with Crippen LogP contribution in [-0.4, -0.2) is 23.1 Å². The predicted molar refractivity (Wildman–Crippen MR) is 96.2 cm³/mol. The molecule has 1 saturated carbocycles. The van der Waals surface area contributed by atoms with Crippen LogP contribution in [0.5, 0.6) is 0 Å². The number of benzene rings is 1. The van der Waals surface area contributed by atoms with Crippen LogP contribution in [0.2, 0.25) is 0 Å². The van der Waals surface area contributed by atoms with E-state index in [0.717, 1.165) is 32.1 Å². The van der Waals surface area contributed by atoms with Crippen LogP contribution in [-0.2, 0) is 16.0 Å². The Bertz CT molecular complexity index is 659. The molecule has 0 heterocycles. The van der Waals surface area contributed by atoms with Gasteiger partial charge in [0.05, 0.1) is 11.6 Å². The smallest absolute Gasteiger partial charge is 0.408 e. The van der Waals surface area contributed by atoms with Gasteiger partial charge in [-0.1, -0.05) is 24.3 Å². The standard InChI is InChI=1S/C20H28N2O3/c1-19(2,3)25-18(24)22-20(11-6-12-20)13-17(23)21-16-10-9-14-7-4-5-8-15(14)16/h4-5,7-8,16H,6,9-13H2,1-3H3,(H,21,23)(H,22,24)/t16-/m0/s1. The van der Waals surface area contributed by atoms with E-state index in [1.165, 1.54) is 11.1 Å². The Morgan fingerprint density at radius 1 is 1.24 bits per heavy atom. The molecule has 0 aromatic heterocycles. The number of hydrogen-bond acceptors (Lipinski definition) is 3. The third-order valence-electron chi connectivity index (χ3n) is 5.04. The van der Waals surface area contributed by atoms with Crippen LogP contribution in [0.25, 0.3) is 0 Å². The Hall–Kier alpha value is -2.04. The minimum Gasteiger partial charge on any atom is -0.444 e. The SMILES string of the molecule is CC(C)(C)OC(=O)NC1(CC(=O)N[C@H]2CCc3ccccc32)CCC1.